The fourth-order valence-electron chi connectivity index (χ4n) is 3.63. The van der Waals surface area contributed by atoms with Gasteiger partial charge in [-0.05, 0) is 31.0 Å². The molecule has 0 bridgehead atoms. The fourth-order valence-corrected chi connectivity index (χ4v) is 3.63. The number of piperazine rings is 1. The molecule has 0 N–H and O–H groups in total. The average molecular weight is 420 g/mol. The molecule has 0 atom stereocenters. The van der Waals surface area contributed by atoms with E-state index in [1.54, 1.807) is 17.2 Å². The Bertz CT molecular complexity index is 1120. The minimum Gasteiger partial charge on any atom is -0.353 e. The normalized spacial score (nSPS) is 16.4. The van der Waals surface area contributed by atoms with E-state index in [2.05, 4.69) is 20.0 Å². The molecule has 1 saturated carbocycles. The minimum absolute atomic E-state index is 0.0837. The van der Waals surface area contributed by atoms with Gasteiger partial charge in [0.2, 0.25) is 11.7 Å². The zero-order chi connectivity index (χ0) is 21.4. The first-order valence-corrected chi connectivity index (χ1v) is 10.2. The maximum absolute atomic E-state index is 12.7. The van der Waals surface area contributed by atoms with Crippen molar-refractivity contribution in [3.63, 3.8) is 0 Å². The van der Waals surface area contributed by atoms with Crippen molar-refractivity contribution < 1.29 is 14.2 Å². The first-order chi connectivity index (χ1) is 15.1. The van der Waals surface area contributed by atoms with Crippen molar-refractivity contribution in [2.75, 3.05) is 31.1 Å². The molecule has 3 aromatic rings. The molecular formula is C21H20N6O4. The summed E-state index contributed by atoms with van der Waals surface area (Å²) in [5.74, 6) is 2.28. The summed E-state index contributed by atoms with van der Waals surface area (Å²) in [6.45, 7) is 2.28. The standard InChI is InChI=1S/C21H20N6O4/c28-21(15-2-1-3-17(12-15)27(29)30)26-10-8-25(9-11-26)18-7-6-16(13-22-18)19-23-20(31-24-19)14-4-5-14/h1-3,6-7,12-14H,4-5,8-11H2. The molecule has 0 unspecified atom stereocenters. The molecule has 1 saturated heterocycles. The Labute approximate surface area is 177 Å². The molecule has 1 aliphatic heterocycles. The van der Waals surface area contributed by atoms with Crippen LogP contribution >= 0.6 is 0 Å². The van der Waals surface area contributed by atoms with Crippen LogP contribution in [0.15, 0.2) is 47.1 Å². The third-order valence-electron chi connectivity index (χ3n) is 5.57. The topological polar surface area (TPSA) is 118 Å². The third-order valence-corrected chi connectivity index (χ3v) is 5.57. The van der Waals surface area contributed by atoms with Crippen molar-refractivity contribution in [1.29, 1.82) is 0 Å². The van der Waals surface area contributed by atoms with Crippen molar-refractivity contribution in [3.8, 4) is 11.4 Å². The van der Waals surface area contributed by atoms with Gasteiger partial charge in [-0.25, -0.2) is 4.98 Å². The molecular weight excluding hydrogens is 400 g/mol. The summed E-state index contributed by atoms with van der Waals surface area (Å²) in [7, 11) is 0. The second-order valence-electron chi connectivity index (χ2n) is 7.72. The van der Waals surface area contributed by atoms with Gasteiger partial charge >= 0.3 is 0 Å². The number of amides is 1. The van der Waals surface area contributed by atoms with Gasteiger partial charge in [0.1, 0.15) is 5.82 Å². The van der Waals surface area contributed by atoms with Crippen LogP contribution in [0.1, 0.15) is 35.0 Å². The highest BCUT2D eigenvalue weighted by molar-refractivity contribution is 5.95. The summed E-state index contributed by atoms with van der Waals surface area (Å²) in [5.41, 5.74) is 1.05. The first-order valence-electron chi connectivity index (χ1n) is 10.2. The van der Waals surface area contributed by atoms with Gasteiger partial charge in [0.25, 0.3) is 11.6 Å². The summed E-state index contributed by atoms with van der Waals surface area (Å²) in [4.78, 5) is 36.0. The van der Waals surface area contributed by atoms with Gasteiger partial charge < -0.3 is 14.3 Å². The number of carbonyl (C=O) groups is 1. The number of hydrogen-bond acceptors (Lipinski definition) is 8. The van der Waals surface area contributed by atoms with E-state index in [0.717, 1.165) is 24.2 Å². The number of benzene rings is 1. The molecule has 1 aromatic carbocycles. The lowest BCUT2D eigenvalue weighted by atomic mass is 10.1. The van der Waals surface area contributed by atoms with Crippen LogP contribution in [0.2, 0.25) is 0 Å². The van der Waals surface area contributed by atoms with E-state index >= 15 is 0 Å². The van der Waals surface area contributed by atoms with Crippen LogP contribution in [-0.4, -0.2) is 57.0 Å². The van der Waals surface area contributed by atoms with Crippen LogP contribution in [0.4, 0.5) is 11.5 Å². The molecule has 1 amide bonds. The SMILES string of the molecule is O=C(c1cccc([N+](=O)[O-])c1)N1CCN(c2ccc(-c3noc(C4CC4)n3)cn2)CC1. The predicted octanol–water partition coefficient (Wildman–Crippen LogP) is 2.88. The van der Waals surface area contributed by atoms with E-state index < -0.39 is 4.92 Å². The number of carbonyl (C=O) groups excluding carboxylic acids is 1. The van der Waals surface area contributed by atoms with E-state index in [9.17, 15) is 14.9 Å². The van der Waals surface area contributed by atoms with Crippen molar-refractivity contribution in [2.45, 2.75) is 18.8 Å². The fraction of sp³-hybridized carbons (Fsp3) is 0.333. The number of nitro groups is 1. The molecule has 5 rings (SSSR count). The van der Waals surface area contributed by atoms with Crippen LogP contribution in [0.3, 0.4) is 0 Å². The van der Waals surface area contributed by atoms with Crippen LogP contribution in [0.5, 0.6) is 0 Å². The average Bonchev–Trinajstić information content (AvgIpc) is 3.55. The van der Waals surface area contributed by atoms with E-state index in [-0.39, 0.29) is 11.6 Å². The number of nitrogens with zero attached hydrogens (tertiary/aromatic N) is 6. The minimum atomic E-state index is -0.495. The Morgan fingerprint density at radius 3 is 2.61 bits per heavy atom. The van der Waals surface area contributed by atoms with Gasteiger partial charge in [-0.2, -0.15) is 4.98 Å². The van der Waals surface area contributed by atoms with Crippen molar-refractivity contribution in [1.82, 2.24) is 20.0 Å². The summed E-state index contributed by atoms with van der Waals surface area (Å²) >= 11 is 0. The number of nitro benzene ring substituents is 1. The number of rotatable bonds is 5. The maximum Gasteiger partial charge on any atom is 0.270 e. The quantitative estimate of drug-likeness (QED) is 0.457. The van der Waals surface area contributed by atoms with Crippen LogP contribution < -0.4 is 4.90 Å². The van der Waals surface area contributed by atoms with Crippen LogP contribution in [-0.2, 0) is 0 Å². The Kier molecular flexibility index (Phi) is 4.81. The number of hydrogen-bond donors (Lipinski definition) is 0. The van der Waals surface area contributed by atoms with Gasteiger partial charge in [-0.1, -0.05) is 11.2 Å². The third kappa shape index (κ3) is 3.96. The Hall–Kier alpha value is -3.82. The summed E-state index contributed by atoms with van der Waals surface area (Å²) in [6.07, 6.45) is 3.94. The van der Waals surface area contributed by atoms with Gasteiger partial charge in [0, 0.05) is 61.6 Å². The van der Waals surface area contributed by atoms with Crippen LogP contribution in [0, 0.1) is 10.1 Å². The summed E-state index contributed by atoms with van der Waals surface area (Å²) in [6, 6.07) is 9.68. The summed E-state index contributed by atoms with van der Waals surface area (Å²) < 4.78 is 5.31. The Morgan fingerprint density at radius 1 is 1.13 bits per heavy atom. The highest BCUT2D eigenvalue weighted by Gasteiger charge is 2.30. The molecule has 3 heterocycles. The molecule has 2 fully saturated rings. The lowest BCUT2D eigenvalue weighted by Gasteiger charge is -2.35. The highest BCUT2D eigenvalue weighted by atomic mass is 16.6. The number of pyridine rings is 1. The molecule has 0 spiro atoms. The van der Waals surface area contributed by atoms with E-state index in [1.165, 1.54) is 18.2 Å². The van der Waals surface area contributed by atoms with Crippen molar-refractivity contribution in [3.05, 3.63) is 64.2 Å². The molecule has 2 aliphatic rings. The first kappa shape index (κ1) is 19.2. The molecule has 0 radical (unpaired) electrons. The highest BCUT2D eigenvalue weighted by Crippen LogP contribution is 2.39. The maximum atomic E-state index is 12.7. The molecule has 31 heavy (non-hydrogen) atoms. The molecule has 10 heteroatoms. The van der Waals surface area contributed by atoms with E-state index in [0.29, 0.717) is 49.4 Å². The second kappa shape index (κ2) is 7.78. The zero-order valence-corrected chi connectivity index (χ0v) is 16.7. The molecule has 2 aromatic heterocycles. The Balaban J connectivity index is 1.21. The van der Waals surface area contributed by atoms with E-state index in [1.807, 2.05) is 12.1 Å². The predicted molar refractivity (Wildman–Crippen MR) is 111 cm³/mol. The molecule has 10 nitrogen and oxygen atoms in total. The second-order valence-corrected chi connectivity index (χ2v) is 7.72. The Morgan fingerprint density at radius 2 is 1.94 bits per heavy atom. The number of non-ortho nitro benzene ring substituents is 1. The molecule has 158 valence electrons. The van der Waals surface area contributed by atoms with E-state index in [4.69, 9.17) is 4.52 Å². The van der Waals surface area contributed by atoms with Crippen LogP contribution in [0.25, 0.3) is 11.4 Å². The summed E-state index contributed by atoms with van der Waals surface area (Å²) in [5, 5.41) is 15.0. The smallest absolute Gasteiger partial charge is 0.270 e. The molecule has 1 aliphatic carbocycles. The van der Waals surface area contributed by atoms with Gasteiger partial charge in [-0.15, -0.1) is 0 Å². The number of aromatic nitrogens is 3. The monoisotopic (exact) mass is 420 g/mol. The zero-order valence-electron chi connectivity index (χ0n) is 16.7. The van der Waals surface area contributed by atoms with Gasteiger partial charge in [-0.3, -0.25) is 14.9 Å². The van der Waals surface area contributed by atoms with Crippen molar-refractivity contribution >= 4 is 17.4 Å². The number of anilines is 1. The van der Waals surface area contributed by atoms with Gasteiger partial charge in [0.05, 0.1) is 4.92 Å². The van der Waals surface area contributed by atoms with Gasteiger partial charge in [0.15, 0.2) is 0 Å². The lowest BCUT2D eigenvalue weighted by Crippen LogP contribution is -2.49. The largest absolute Gasteiger partial charge is 0.353 e. The lowest BCUT2D eigenvalue weighted by molar-refractivity contribution is -0.384. The van der Waals surface area contributed by atoms with Crippen molar-refractivity contribution in [2.24, 2.45) is 0 Å².